The molecule has 0 saturated carbocycles. The lowest BCUT2D eigenvalue weighted by Crippen LogP contribution is -2.63. The Balaban J connectivity index is 3.17. The zero-order valence-corrected chi connectivity index (χ0v) is 16.1. The van der Waals surface area contributed by atoms with Crippen LogP contribution in [-0.2, 0) is 4.74 Å². The van der Waals surface area contributed by atoms with Gasteiger partial charge >= 0.3 is 30.6 Å². The predicted molar refractivity (Wildman–Crippen MR) is 76.8 cm³/mol. The van der Waals surface area contributed by atoms with Gasteiger partial charge in [-0.1, -0.05) is 0 Å². The van der Waals surface area contributed by atoms with Crippen LogP contribution in [0.2, 0.25) is 0 Å². The molecule has 204 valence electrons. The summed E-state index contributed by atoms with van der Waals surface area (Å²) in [5, 5.41) is 0. The van der Waals surface area contributed by atoms with Crippen molar-refractivity contribution in [1.82, 2.24) is 4.90 Å². The fourth-order valence-corrected chi connectivity index (χ4v) is 3.25. The van der Waals surface area contributed by atoms with E-state index in [2.05, 4.69) is 4.74 Å². The predicted octanol–water partition coefficient (Wildman–Crippen LogP) is 6.17. The molecule has 0 amide bonds. The van der Waals surface area contributed by atoms with Crippen LogP contribution < -0.4 is 0 Å². The molecule has 0 N–H and O–H groups in total. The average molecular weight is 547 g/mol. The monoisotopic (exact) mass is 547 g/mol. The maximum absolute atomic E-state index is 14.2. The Hall–Kier alpha value is -1.27. The Morgan fingerprint density at radius 3 is 1.32 bits per heavy atom. The van der Waals surface area contributed by atoms with E-state index in [1.54, 1.807) is 0 Å². The fraction of sp³-hybridized carbons (Fsp3) is 1.00. The quantitative estimate of drug-likeness (QED) is 0.354. The summed E-state index contributed by atoms with van der Waals surface area (Å²) >= 11 is 0. The van der Waals surface area contributed by atoms with Crippen LogP contribution >= 0.6 is 0 Å². The third-order valence-corrected chi connectivity index (χ3v) is 4.73. The Labute approximate surface area is 179 Å². The lowest BCUT2D eigenvalue weighted by atomic mass is 9.86. The molecule has 4 unspecified atom stereocenters. The molecule has 19 heteroatoms. The molecule has 1 heterocycles. The van der Waals surface area contributed by atoms with E-state index in [1.807, 2.05) is 0 Å². The maximum Gasteiger partial charge on any atom is 0.425 e. The molecule has 1 rings (SSSR count). The van der Waals surface area contributed by atoms with Crippen molar-refractivity contribution in [2.24, 2.45) is 11.8 Å². The Kier molecular flexibility index (Phi) is 8.73. The first kappa shape index (κ1) is 30.8. The van der Waals surface area contributed by atoms with E-state index < -0.39 is 98.2 Å². The number of alkyl halides is 17. The van der Waals surface area contributed by atoms with E-state index >= 15 is 0 Å². The van der Waals surface area contributed by atoms with Gasteiger partial charge in [0.2, 0.25) is 0 Å². The van der Waals surface area contributed by atoms with Crippen LogP contribution in [0, 0.1) is 11.8 Å². The van der Waals surface area contributed by atoms with Crippen LogP contribution in [0.4, 0.5) is 74.6 Å². The molecule has 0 aliphatic carbocycles. The minimum Gasteiger partial charge on any atom is -0.369 e. The molecule has 0 aromatic carbocycles. The molecule has 0 aromatic heterocycles. The number of hydrogen-bond donors (Lipinski definition) is 0. The van der Waals surface area contributed by atoms with Crippen molar-refractivity contribution >= 4 is 0 Å². The normalized spacial score (nSPS) is 24.3. The van der Waals surface area contributed by atoms with E-state index in [9.17, 15) is 74.6 Å². The second-order valence-corrected chi connectivity index (χ2v) is 7.53. The van der Waals surface area contributed by atoms with Crippen LogP contribution in [0.1, 0.15) is 6.42 Å². The zero-order valence-electron chi connectivity index (χ0n) is 16.1. The van der Waals surface area contributed by atoms with Gasteiger partial charge in [-0.15, -0.1) is 0 Å². The van der Waals surface area contributed by atoms with Crippen LogP contribution in [0.15, 0.2) is 0 Å². The summed E-state index contributed by atoms with van der Waals surface area (Å²) in [7, 11) is 0. The largest absolute Gasteiger partial charge is 0.425 e. The molecule has 1 saturated heterocycles. The molecule has 0 spiro atoms. The molecule has 0 radical (unpaired) electrons. The van der Waals surface area contributed by atoms with Crippen molar-refractivity contribution in [2.45, 2.75) is 55.2 Å². The third-order valence-electron chi connectivity index (χ3n) is 4.73. The third kappa shape index (κ3) is 7.87. The second-order valence-electron chi connectivity index (χ2n) is 7.53. The highest BCUT2D eigenvalue weighted by Gasteiger charge is 2.63. The molecule has 1 aliphatic rings. The molecule has 1 aliphatic heterocycles. The SMILES string of the molecule is FC(C(F)(F)F)C(F)(F)COCC(F)(F)C(N1CC(C(F)(F)F)CC(C(F)(F)F)C1)C(F)(F)F. The van der Waals surface area contributed by atoms with E-state index in [0.29, 0.717) is 0 Å². The van der Waals surface area contributed by atoms with Gasteiger partial charge < -0.3 is 4.74 Å². The van der Waals surface area contributed by atoms with Crippen molar-refractivity contribution in [3.8, 4) is 0 Å². The highest BCUT2D eigenvalue weighted by molar-refractivity contribution is 4.97. The first-order valence-corrected chi connectivity index (χ1v) is 8.78. The minimum absolute atomic E-state index is 0.880. The van der Waals surface area contributed by atoms with Crippen LogP contribution in [0.3, 0.4) is 0 Å². The zero-order chi connectivity index (χ0) is 27.1. The topological polar surface area (TPSA) is 12.5 Å². The Morgan fingerprint density at radius 2 is 1.00 bits per heavy atom. The minimum atomic E-state index is -6.24. The standard InChI is InChI=1S/C15H14F17NO/c16-8(14(27,28)29)10(17,18)4-34-5-11(19,20)9(15(30,31)32)33-2-6(12(21,22)23)1-7(3-33)13(24,25)26/h6-9H,1-5H2. The van der Waals surface area contributed by atoms with Crippen LogP contribution in [0.5, 0.6) is 0 Å². The second kappa shape index (κ2) is 9.65. The van der Waals surface area contributed by atoms with Gasteiger partial charge in [-0.25, -0.2) is 22.0 Å². The number of halogens is 17. The van der Waals surface area contributed by atoms with Gasteiger partial charge in [0.05, 0.1) is 11.8 Å². The Bertz CT molecular complexity index is 642. The summed E-state index contributed by atoms with van der Waals surface area (Å²) < 4.78 is 224. The summed E-state index contributed by atoms with van der Waals surface area (Å²) in [4.78, 5) is -0.880. The summed E-state index contributed by atoms with van der Waals surface area (Å²) in [5.74, 6) is -17.3. The average Bonchev–Trinajstić information content (AvgIpc) is 2.56. The number of ether oxygens (including phenoxy) is 1. The lowest BCUT2D eigenvalue weighted by molar-refractivity contribution is -0.291. The smallest absolute Gasteiger partial charge is 0.369 e. The molecular weight excluding hydrogens is 533 g/mol. The highest BCUT2D eigenvalue weighted by atomic mass is 19.4. The van der Waals surface area contributed by atoms with Crippen LogP contribution in [-0.4, -0.2) is 80.0 Å². The molecule has 0 bridgehead atoms. The maximum atomic E-state index is 14.2. The van der Waals surface area contributed by atoms with E-state index in [4.69, 9.17) is 0 Å². The summed E-state index contributed by atoms with van der Waals surface area (Å²) in [6.07, 6.45) is -30.2. The Morgan fingerprint density at radius 1 is 0.618 bits per heavy atom. The van der Waals surface area contributed by atoms with Gasteiger partial charge in [0.1, 0.15) is 13.2 Å². The van der Waals surface area contributed by atoms with Crippen molar-refractivity contribution in [3.63, 3.8) is 0 Å². The molecule has 2 nitrogen and oxygen atoms in total. The molecule has 0 aromatic rings. The van der Waals surface area contributed by atoms with Gasteiger partial charge in [-0.05, 0) is 6.42 Å². The van der Waals surface area contributed by atoms with Crippen molar-refractivity contribution in [3.05, 3.63) is 0 Å². The molecule has 1 fully saturated rings. The summed E-state index contributed by atoms with van der Waals surface area (Å²) in [5.41, 5.74) is 0. The first-order valence-electron chi connectivity index (χ1n) is 8.78. The lowest BCUT2D eigenvalue weighted by Gasteiger charge is -2.45. The van der Waals surface area contributed by atoms with Crippen molar-refractivity contribution in [2.75, 3.05) is 26.3 Å². The number of piperidine rings is 1. The van der Waals surface area contributed by atoms with Gasteiger partial charge in [0, 0.05) is 13.1 Å². The number of nitrogens with zero attached hydrogens (tertiary/aromatic N) is 1. The highest BCUT2D eigenvalue weighted by Crippen LogP contribution is 2.46. The molecule has 4 atom stereocenters. The van der Waals surface area contributed by atoms with Gasteiger partial charge in [-0.3, -0.25) is 4.90 Å². The van der Waals surface area contributed by atoms with E-state index in [0.717, 1.165) is 0 Å². The molecular formula is C15H14F17NO. The van der Waals surface area contributed by atoms with Crippen molar-refractivity contribution in [1.29, 1.82) is 0 Å². The number of rotatable bonds is 7. The summed E-state index contributed by atoms with van der Waals surface area (Å²) in [6, 6.07) is -4.42. The van der Waals surface area contributed by atoms with Crippen LogP contribution in [0.25, 0.3) is 0 Å². The molecule has 34 heavy (non-hydrogen) atoms. The number of likely N-dealkylation sites (tertiary alicyclic amines) is 1. The number of hydrogen-bond acceptors (Lipinski definition) is 2. The van der Waals surface area contributed by atoms with Gasteiger partial charge in [0.15, 0.2) is 6.04 Å². The van der Waals surface area contributed by atoms with E-state index in [-0.39, 0.29) is 0 Å². The first-order chi connectivity index (χ1) is 14.8. The fourth-order valence-electron chi connectivity index (χ4n) is 3.25. The van der Waals surface area contributed by atoms with Gasteiger partial charge in [0.25, 0.3) is 12.1 Å². The van der Waals surface area contributed by atoms with Gasteiger partial charge in [-0.2, -0.15) is 52.7 Å². The van der Waals surface area contributed by atoms with Crippen molar-refractivity contribution < 1.29 is 79.4 Å². The van der Waals surface area contributed by atoms with E-state index in [1.165, 1.54) is 0 Å². The summed E-state index contributed by atoms with van der Waals surface area (Å²) in [6.45, 7) is -9.59.